The first kappa shape index (κ1) is 13.5. The molecule has 2 aromatic carbocycles. The van der Waals surface area contributed by atoms with E-state index in [-0.39, 0.29) is 4.75 Å². The average molecular weight is 285 g/mol. The van der Waals surface area contributed by atoms with Crippen LogP contribution >= 0.6 is 11.8 Å². The van der Waals surface area contributed by atoms with E-state index in [4.69, 9.17) is 10.5 Å². The van der Waals surface area contributed by atoms with Crippen LogP contribution in [-0.2, 0) is 5.54 Å². The molecule has 3 rings (SSSR count). The number of ether oxygens (including phenoxy) is 1. The minimum absolute atomic E-state index is 0.134. The monoisotopic (exact) mass is 285 g/mol. The molecule has 2 aromatic rings. The summed E-state index contributed by atoms with van der Waals surface area (Å²) in [6.07, 6.45) is 0. The van der Waals surface area contributed by atoms with Crippen molar-refractivity contribution in [1.29, 1.82) is 0 Å². The standard InChI is InChI=1S/C17H19NOS/c1-16(2)17(18,12-8-4-6-10-14(12)19-3)13-9-5-7-11-15(13)20-16/h4-11H,18H2,1-3H3. The molecule has 2 N–H and O–H groups in total. The van der Waals surface area contributed by atoms with Gasteiger partial charge in [-0.2, -0.15) is 0 Å². The molecule has 0 saturated heterocycles. The smallest absolute Gasteiger partial charge is 0.124 e. The second-order valence-corrected chi connectivity index (χ2v) is 7.28. The summed E-state index contributed by atoms with van der Waals surface area (Å²) >= 11 is 1.83. The van der Waals surface area contributed by atoms with Crippen molar-refractivity contribution in [3.05, 3.63) is 59.7 Å². The molecular formula is C17H19NOS. The third-order valence-electron chi connectivity index (χ3n) is 4.16. The van der Waals surface area contributed by atoms with Crippen LogP contribution in [0.5, 0.6) is 5.75 Å². The number of hydrogen-bond donors (Lipinski definition) is 1. The third-order valence-corrected chi connectivity index (χ3v) is 5.57. The van der Waals surface area contributed by atoms with E-state index in [2.05, 4.69) is 44.2 Å². The summed E-state index contributed by atoms with van der Waals surface area (Å²) in [6.45, 7) is 4.40. The van der Waals surface area contributed by atoms with Crippen molar-refractivity contribution in [1.82, 2.24) is 0 Å². The van der Waals surface area contributed by atoms with Crippen LogP contribution in [0.2, 0.25) is 0 Å². The molecule has 1 atom stereocenters. The van der Waals surface area contributed by atoms with Crippen LogP contribution in [0, 0.1) is 0 Å². The number of rotatable bonds is 2. The zero-order valence-corrected chi connectivity index (χ0v) is 12.8. The molecule has 104 valence electrons. The van der Waals surface area contributed by atoms with E-state index in [0.717, 1.165) is 11.3 Å². The van der Waals surface area contributed by atoms with Crippen molar-refractivity contribution in [2.45, 2.75) is 29.0 Å². The summed E-state index contributed by atoms with van der Waals surface area (Å²) in [5.41, 5.74) is 8.62. The molecule has 3 heteroatoms. The van der Waals surface area contributed by atoms with E-state index >= 15 is 0 Å². The van der Waals surface area contributed by atoms with Gasteiger partial charge in [-0.3, -0.25) is 0 Å². The van der Waals surface area contributed by atoms with Crippen LogP contribution in [-0.4, -0.2) is 11.9 Å². The fourth-order valence-corrected chi connectivity index (χ4v) is 4.42. The molecule has 0 bridgehead atoms. The summed E-state index contributed by atoms with van der Waals surface area (Å²) in [4.78, 5) is 1.26. The molecule has 1 aliphatic rings. The van der Waals surface area contributed by atoms with Gasteiger partial charge in [-0.25, -0.2) is 0 Å². The van der Waals surface area contributed by atoms with Crippen LogP contribution in [0.3, 0.4) is 0 Å². The lowest BCUT2D eigenvalue weighted by atomic mass is 9.75. The summed E-state index contributed by atoms with van der Waals surface area (Å²) in [5, 5.41) is 0. The van der Waals surface area contributed by atoms with Crippen LogP contribution in [0.15, 0.2) is 53.4 Å². The second kappa shape index (κ2) is 4.54. The van der Waals surface area contributed by atoms with Crippen LogP contribution in [0.1, 0.15) is 25.0 Å². The Hall–Kier alpha value is -1.45. The molecular weight excluding hydrogens is 266 g/mol. The fourth-order valence-electron chi connectivity index (χ4n) is 3.00. The lowest BCUT2D eigenvalue weighted by Crippen LogP contribution is -2.50. The topological polar surface area (TPSA) is 35.2 Å². The SMILES string of the molecule is COc1ccccc1C1(N)c2ccccc2SC1(C)C. The summed E-state index contributed by atoms with van der Waals surface area (Å²) in [5.74, 6) is 0.848. The first-order valence-electron chi connectivity index (χ1n) is 6.71. The number of para-hydroxylation sites is 1. The highest BCUT2D eigenvalue weighted by Gasteiger charge is 2.52. The van der Waals surface area contributed by atoms with Gasteiger partial charge in [0.05, 0.1) is 12.6 Å². The Labute approximate surface area is 124 Å². The summed E-state index contributed by atoms with van der Waals surface area (Å²) < 4.78 is 5.41. The van der Waals surface area contributed by atoms with Crippen molar-refractivity contribution < 1.29 is 4.74 Å². The molecule has 0 fully saturated rings. The predicted octanol–water partition coefficient (Wildman–Crippen LogP) is 3.78. The van der Waals surface area contributed by atoms with Crippen molar-refractivity contribution >= 4 is 11.8 Å². The minimum atomic E-state index is -0.555. The first-order valence-corrected chi connectivity index (χ1v) is 7.53. The molecule has 0 amide bonds. The zero-order valence-electron chi connectivity index (χ0n) is 12.0. The van der Waals surface area contributed by atoms with Gasteiger partial charge in [0.2, 0.25) is 0 Å². The highest BCUT2D eigenvalue weighted by molar-refractivity contribution is 8.01. The van der Waals surface area contributed by atoms with Gasteiger partial charge in [-0.1, -0.05) is 36.4 Å². The van der Waals surface area contributed by atoms with E-state index in [1.54, 1.807) is 7.11 Å². The molecule has 0 saturated carbocycles. The van der Waals surface area contributed by atoms with E-state index in [9.17, 15) is 0 Å². The van der Waals surface area contributed by atoms with E-state index in [0.29, 0.717) is 0 Å². The van der Waals surface area contributed by atoms with E-state index in [1.165, 1.54) is 10.5 Å². The lowest BCUT2D eigenvalue weighted by molar-refractivity contribution is 0.373. The van der Waals surface area contributed by atoms with Crippen molar-refractivity contribution in [3.63, 3.8) is 0 Å². The maximum absolute atomic E-state index is 6.95. The average Bonchev–Trinajstić information content (AvgIpc) is 2.67. The predicted molar refractivity (Wildman–Crippen MR) is 84.3 cm³/mol. The van der Waals surface area contributed by atoms with Gasteiger partial charge in [0, 0.05) is 15.2 Å². The zero-order chi connectivity index (χ0) is 14.4. The highest BCUT2D eigenvalue weighted by Crippen LogP contribution is 2.57. The number of methoxy groups -OCH3 is 1. The molecule has 0 radical (unpaired) electrons. The summed E-state index contributed by atoms with van der Waals surface area (Å²) in [6, 6.07) is 16.4. The normalized spacial score (nSPS) is 23.4. The lowest BCUT2D eigenvalue weighted by Gasteiger charge is -2.39. The van der Waals surface area contributed by atoms with Crippen molar-refractivity contribution in [2.24, 2.45) is 5.73 Å². The van der Waals surface area contributed by atoms with Crippen molar-refractivity contribution in [2.75, 3.05) is 7.11 Å². The van der Waals surface area contributed by atoms with Gasteiger partial charge in [-0.15, -0.1) is 11.8 Å². The Morgan fingerprint density at radius 2 is 1.55 bits per heavy atom. The molecule has 0 aliphatic carbocycles. The Morgan fingerprint density at radius 1 is 0.950 bits per heavy atom. The van der Waals surface area contributed by atoms with Crippen LogP contribution in [0.25, 0.3) is 0 Å². The van der Waals surface area contributed by atoms with E-state index < -0.39 is 5.54 Å². The molecule has 2 nitrogen and oxygen atoms in total. The van der Waals surface area contributed by atoms with Gasteiger partial charge < -0.3 is 10.5 Å². The fraction of sp³-hybridized carbons (Fsp3) is 0.294. The Kier molecular flexibility index (Phi) is 3.07. The largest absolute Gasteiger partial charge is 0.496 e. The number of fused-ring (bicyclic) bond motifs is 1. The molecule has 0 spiro atoms. The van der Waals surface area contributed by atoms with E-state index in [1.807, 2.05) is 30.0 Å². The minimum Gasteiger partial charge on any atom is -0.496 e. The van der Waals surface area contributed by atoms with Crippen molar-refractivity contribution in [3.8, 4) is 5.75 Å². The van der Waals surface area contributed by atoms with Crippen LogP contribution in [0.4, 0.5) is 0 Å². The Morgan fingerprint density at radius 3 is 2.25 bits per heavy atom. The third kappa shape index (κ3) is 1.70. The quantitative estimate of drug-likeness (QED) is 0.912. The number of thioether (sulfide) groups is 1. The van der Waals surface area contributed by atoms with Gasteiger partial charge in [0.1, 0.15) is 5.75 Å². The summed E-state index contributed by atoms with van der Waals surface area (Å²) in [7, 11) is 1.70. The maximum Gasteiger partial charge on any atom is 0.124 e. The Balaban J connectivity index is 2.29. The van der Waals surface area contributed by atoms with Gasteiger partial charge in [0.25, 0.3) is 0 Å². The maximum atomic E-state index is 6.95. The van der Waals surface area contributed by atoms with Gasteiger partial charge in [-0.05, 0) is 31.5 Å². The number of nitrogens with two attached hydrogens (primary N) is 1. The van der Waals surface area contributed by atoms with Gasteiger partial charge >= 0.3 is 0 Å². The molecule has 1 heterocycles. The molecule has 0 aromatic heterocycles. The number of benzene rings is 2. The van der Waals surface area contributed by atoms with Gasteiger partial charge in [0.15, 0.2) is 0 Å². The van der Waals surface area contributed by atoms with Crippen LogP contribution < -0.4 is 10.5 Å². The highest BCUT2D eigenvalue weighted by atomic mass is 32.2. The Bertz CT molecular complexity index is 653. The first-order chi connectivity index (χ1) is 9.50. The second-order valence-electron chi connectivity index (χ2n) is 5.62. The number of hydrogen-bond acceptors (Lipinski definition) is 3. The molecule has 1 aliphatic heterocycles. The molecule has 1 unspecified atom stereocenters. The molecule has 20 heavy (non-hydrogen) atoms.